The Balaban J connectivity index is 2.10. The number of aromatic nitrogens is 2. The number of aryl methyl sites for hydroxylation is 1. The first-order chi connectivity index (χ1) is 9.69. The van der Waals surface area contributed by atoms with Gasteiger partial charge in [0, 0.05) is 17.5 Å². The highest BCUT2D eigenvalue weighted by Crippen LogP contribution is 2.08. The minimum Gasteiger partial charge on any atom is -0.395 e. The number of nitrogens with zero attached hydrogens (tertiary/aromatic N) is 2. The molecular weight excluding hydrogens is 258 g/mol. The van der Waals surface area contributed by atoms with Gasteiger partial charge < -0.3 is 9.63 Å². The molecule has 2 rings (SSSR count). The van der Waals surface area contributed by atoms with Crippen molar-refractivity contribution in [3.8, 4) is 11.8 Å². The maximum atomic E-state index is 12.0. The molecule has 0 radical (unpaired) electrons. The van der Waals surface area contributed by atoms with E-state index < -0.39 is 0 Å². The number of aliphatic hydroxyl groups excluding tert-OH is 1. The van der Waals surface area contributed by atoms with Gasteiger partial charge in [0.1, 0.15) is 0 Å². The van der Waals surface area contributed by atoms with E-state index in [1.54, 1.807) is 31.2 Å². The number of aliphatic hydroxyl groups is 1. The fourth-order valence-electron chi connectivity index (χ4n) is 1.48. The summed E-state index contributed by atoms with van der Waals surface area (Å²) in [7, 11) is 0. The number of rotatable bonds is 3. The molecule has 0 aliphatic heterocycles. The Kier molecular flexibility index (Phi) is 4.47. The van der Waals surface area contributed by atoms with Gasteiger partial charge in [-0.25, -0.2) is 0 Å². The lowest BCUT2D eigenvalue weighted by Gasteiger charge is -2.00. The van der Waals surface area contributed by atoms with Crippen LogP contribution in [0, 0.1) is 18.8 Å². The van der Waals surface area contributed by atoms with Gasteiger partial charge >= 0.3 is 6.01 Å². The lowest BCUT2D eigenvalue weighted by molar-refractivity contribution is 0.102. The van der Waals surface area contributed by atoms with E-state index in [2.05, 4.69) is 27.3 Å². The van der Waals surface area contributed by atoms with Gasteiger partial charge in [-0.3, -0.25) is 10.1 Å². The van der Waals surface area contributed by atoms with Crippen LogP contribution in [0.25, 0.3) is 0 Å². The van der Waals surface area contributed by atoms with Crippen LogP contribution in [-0.4, -0.2) is 27.8 Å². The molecule has 102 valence electrons. The summed E-state index contributed by atoms with van der Waals surface area (Å²) >= 11 is 0. The van der Waals surface area contributed by atoms with Gasteiger partial charge in [-0.15, -0.1) is 0 Å². The van der Waals surface area contributed by atoms with Crippen molar-refractivity contribution in [3.63, 3.8) is 0 Å². The topological polar surface area (TPSA) is 88.2 Å². The van der Waals surface area contributed by atoms with E-state index in [4.69, 9.17) is 9.63 Å². The molecule has 0 aliphatic carbocycles. The molecule has 0 fully saturated rings. The Labute approximate surface area is 115 Å². The Hall–Kier alpha value is -2.65. The predicted octanol–water partition coefficient (Wildman–Crippen LogP) is 1.36. The van der Waals surface area contributed by atoms with Crippen molar-refractivity contribution in [1.29, 1.82) is 0 Å². The monoisotopic (exact) mass is 271 g/mol. The Morgan fingerprint density at radius 3 is 3.05 bits per heavy atom. The van der Waals surface area contributed by atoms with Crippen LogP contribution in [0.5, 0.6) is 0 Å². The predicted molar refractivity (Wildman–Crippen MR) is 72.0 cm³/mol. The third-order valence-corrected chi connectivity index (χ3v) is 2.34. The molecule has 2 aromatic rings. The summed E-state index contributed by atoms with van der Waals surface area (Å²) in [5.41, 5.74) is 1.14. The van der Waals surface area contributed by atoms with Crippen molar-refractivity contribution in [3.05, 3.63) is 41.2 Å². The molecule has 1 aromatic carbocycles. The molecule has 0 aliphatic rings. The molecule has 1 aromatic heterocycles. The van der Waals surface area contributed by atoms with Crippen LogP contribution in [0.4, 0.5) is 6.01 Å². The maximum absolute atomic E-state index is 12.0. The second-order valence-electron chi connectivity index (χ2n) is 3.96. The Bertz CT molecular complexity index is 668. The van der Waals surface area contributed by atoms with Crippen molar-refractivity contribution in [2.75, 3.05) is 11.9 Å². The first-order valence-electron chi connectivity index (χ1n) is 6.00. The third-order valence-electron chi connectivity index (χ3n) is 2.34. The lowest BCUT2D eigenvalue weighted by Crippen LogP contribution is -2.12. The van der Waals surface area contributed by atoms with Crippen LogP contribution in [0.15, 0.2) is 28.8 Å². The Morgan fingerprint density at radius 2 is 2.35 bits per heavy atom. The molecule has 0 atom stereocenters. The average molecular weight is 271 g/mol. The van der Waals surface area contributed by atoms with E-state index in [9.17, 15) is 4.79 Å². The van der Waals surface area contributed by atoms with Gasteiger partial charge in [0.05, 0.1) is 6.61 Å². The first kappa shape index (κ1) is 13.8. The molecule has 0 unspecified atom stereocenters. The van der Waals surface area contributed by atoms with Crippen molar-refractivity contribution in [1.82, 2.24) is 10.1 Å². The molecule has 0 spiro atoms. The summed E-state index contributed by atoms with van der Waals surface area (Å²) in [4.78, 5) is 15.9. The summed E-state index contributed by atoms with van der Waals surface area (Å²) < 4.78 is 4.82. The van der Waals surface area contributed by atoms with Crippen LogP contribution in [0.2, 0.25) is 0 Å². The van der Waals surface area contributed by atoms with Gasteiger partial charge in [0.15, 0.2) is 5.82 Å². The van der Waals surface area contributed by atoms with Gasteiger partial charge in [-0.05, 0) is 25.1 Å². The highest BCUT2D eigenvalue weighted by Gasteiger charge is 2.10. The number of anilines is 1. The van der Waals surface area contributed by atoms with Crippen LogP contribution in [0.3, 0.4) is 0 Å². The summed E-state index contributed by atoms with van der Waals surface area (Å²) in [6.07, 6.45) is 0.400. The SMILES string of the molecule is Cc1noc(NC(=O)c2cccc(C#CCCO)c2)n1. The molecule has 20 heavy (non-hydrogen) atoms. The van der Waals surface area contributed by atoms with E-state index in [-0.39, 0.29) is 18.5 Å². The fourth-order valence-corrected chi connectivity index (χ4v) is 1.48. The summed E-state index contributed by atoms with van der Waals surface area (Å²) in [5, 5.41) is 14.8. The molecule has 0 saturated heterocycles. The van der Waals surface area contributed by atoms with Crippen LogP contribution in [-0.2, 0) is 0 Å². The van der Waals surface area contributed by atoms with E-state index >= 15 is 0 Å². The minimum absolute atomic E-state index is 0.0176. The molecule has 6 heteroatoms. The smallest absolute Gasteiger partial charge is 0.328 e. The normalized spacial score (nSPS) is 9.70. The number of nitrogens with one attached hydrogen (secondary N) is 1. The van der Waals surface area contributed by atoms with Crippen molar-refractivity contribution >= 4 is 11.9 Å². The van der Waals surface area contributed by atoms with E-state index in [1.807, 2.05) is 0 Å². The van der Waals surface area contributed by atoms with Crippen molar-refractivity contribution in [2.45, 2.75) is 13.3 Å². The van der Waals surface area contributed by atoms with Crippen LogP contribution < -0.4 is 5.32 Å². The number of carbonyl (C=O) groups is 1. The number of hydrogen-bond acceptors (Lipinski definition) is 5. The van der Waals surface area contributed by atoms with E-state index in [0.29, 0.717) is 23.4 Å². The number of carbonyl (C=O) groups excluding carboxylic acids is 1. The molecule has 1 heterocycles. The largest absolute Gasteiger partial charge is 0.395 e. The molecule has 0 saturated carbocycles. The molecule has 1 amide bonds. The zero-order chi connectivity index (χ0) is 14.4. The maximum Gasteiger partial charge on any atom is 0.328 e. The second-order valence-corrected chi connectivity index (χ2v) is 3.96. The first-order valence-corrected chi connectivity index (χ1v) is 6.00. The van der Waals surface area contributed by atoms with Gasteiger partial charge in [-0.2, -0.15) is 4.98 Å². The minimum atomic E-state index is -0.348. The quantitative estimate of drug-likeness (QED) is 0.823. The summed E-state index contributed by atoms with van der Waals surface area (Å²) in [6, 6.07) is 6.90. The fraction of sp³-hybridized carbons (Fsp3) is 0.214. The van der Waals surface area contributed by atoms with E-state index in [1.165, 1.54) is 0 Å². The lowest BCUT2D eigenvalue weighted by atomic mass is 10.1. The molecular formula is C14H13N3O3. The molecule has 6 nitrogen and oxygen atoms in total. The standard InChI is InChI=1S/C14H13N3O3/c1-10-15-14(20-17-10)16-13(19)12-7-4-6-11(9-12)5-2-3-8-18/h4,6-7,9,18H,3,8H2,1H3,(H,15,16,17,19). The summed E-state index contributed by atoms with van der Waals surface area (Å²) in [6.45, 7) is 1.68. The van der Waals surface area contributed by atoms with Gasteiger partial charge in [0.25, 0.3) is 5.91 Å². The summed E-state index contributed by atoms with van der Waals surface area (Å²) in [5.74, 6) is 5.77. The zero-order valence-corrected chi connectivity index (χ0v) is 10.9. The zero-order valence-electron chi connectivity index (χ0n) is 10.9. The van der Waals surface area contributed by atoms with Crippen LogP contribution in [0.1, 0.15) is 28.2 Å². The molecule has 2 N–H and O–H groups in total. The van der Waals surface area contributed by atoms with Gasteiger partial charge in [0.2, 0.25) is 0 Å². The number of benzene rings is 1. The highest BCUT2D eigenvalue weighted by molar-refractivity contribution is 6.03. The Morgan fingerprint density at radius 1 is 1.50 bits per heavy atom. The second kappa shape index (κ2) is 6.50. The van der Waals surface area contributed by atoms with Crippen molar-refractivity contribution in [2.24, 2.45) is 0 Å². The molecule has 0 bridgehead atoms. The van der Waals surface area contributed by atoms with Crippen LogP contribution >= 0.6 is 0 Å². The average Bonchev–Trinajstić information content (AvgIpc) is 2.85. The van der Waals surface area contributed by atoms with Crippen molar-refractivity contribution < 1.29 is 14.4 Å². The number of hydrogen-bond donors (Lipinski definition) is 2. The highest BCUT2D eigenvalue weighted by atomic mass is 16.5. The number of amides is 1. The third kappa shape index (κ3) is 3.67. The van der Waals surface area contributed by atoms with Gasteiger partial charge in [-0.1, -0.05) is 23.1 Å². The van der Waals surface area contributed by atoms with E-state index in [0.717, 1.165) is 0 Å².